The second-order valence-electron chi connectivity index (χ2n) is 6.45. The van der Waals surface area contributed by atoms with Gasteiger partial charge in [0.2, 0.25) is 15.9 Å². The maximum absolute atomic E-state index is 12.8. The van der Waals surface area contributed by atoms with Gasteiger partial charge in [0.1, 0.15) is 0 Å². The molecule has 0 unspecified atom stereocenters. The van der Waals surface area contributed by atoms with E-state index in [1.54, 1.807) is 30.3 Å². The first kappa shape index (κ1) is 19.7. The Morgan fingerprint density at radius 1 is 0.929 bits per heavy atom. The van der Waals surface area contributed by atoms with Gasteiger partial charge in [-0.15, -0.1) is 0 Å². The summed E-state index contributed by atoms with van der Waals surface area (Å²) in [6.45, 7) is 0.240. The Bertz CT molecular complexity index is 1050. The molecule has 28 heavy (non-hydrogen) atoms. The van der Waals surface area contributed by atoms with Crippen molar-refractivity contribution in [3.63, 3.8) is 0 Å². The number of sulfonamides is 1. The second-order valence-corrected chi connectivity index (χ2v) is 10.1. The van der Waals surface area contributed by atoms with Crippen molar-refractivity contribution in [2.24, 2.45) is 0 Å². The van der Waals surface area contributed by atoms with Crippen LogP contribution in [-0.4, -0.2) is 53.7 Å². The van der Waals surface area contributed by atoms with Crippen LogP contribution in [0.1, 0.15) is 0 Å². The number of hydrogen-bond acceptors (Lipinski definition) is 5. The van der Waals surface area contributed by atoms with E-state index in [9.17, 15) is 18.0 Å². The fourth-order valence-electron chi connectivity index (χ4n) is 3.14. The molecule has 2 saturated heterocycles. The van der Waals surface area contributed by atoms with Crippen LogP contribution in [0.25, 0.3) is 11.1 Å². The summed E-state index contributed by atoms with van der Waals surface area (Å²) < 4.78 is 26.8. The Kier molecular flexibility index (Phi) is 5.18. The van der Waals surface area contributed by atoms with Crippen LogP contribution in [0.4, 0.5) is 4.79 Å². The molecule has 0 saturated carbocycles. The van der Waals surface area contributed by atoms with Crippen LogP contribution < -0.4 is 0 Å². The second kappa shape index (κ2) is 7.35. The predicted molar refractivity (Wildman–Crippen MR) is 109 cm³/mol. The number of imide groups is 1. The van der Waals surface area contributed by atoms with Crippen molar-refractivity contribution < 1.29 is 18.0 Å². The number of benzene rings is 2. The largest absolute Gasteiger partial charge is 0.289 e. The van der Waals surface area contributed by atoms with Crippen molar-refractivity contribution in [2.75, 3.05) is 18.8 Å². The summed E-state index contributed by atoms with van der Waals surface area (Å²) in [6, 6.07) is 11.3. The first-order chi connectivity index (χ1) is 13.3. The molecule has 10 heteroatoms. The van der Waals surface area contributed by atoms with Gasteiger partial charge in [0.25, 0.3) is 5.24 Å². The Morgan fingerprint density at radius 2 is 1.57 bits per heavy atom. The number of hydrogen-bond donors (Lipinski definition) is 0. The van der Waals surface area contributed by atoms with Crippen LogP contribution in [0.3, 0.4) is 0 Å². The van der Waals surface area contributed by atoms with Gasteiger partial charge in [0, 0.05) is 13.1 Å². The SMILES string of the molecule is O=C1CSC(=O)N1C1CN(S(=O)(=O)c2ccc(-c3ccc(Cl)c(Cl)c3)cc2)C1. The van der Waals surface area contributed by atoms with Crippen LogP contribution in [0, 0.1) is 0 Å². The molecule has 0 bridgehead atoms. The molecule has 2 aliphatic rings. The summed E-state index contributed by atoms with van der Waals surface area (Å²) in [5.74, 6) is -0.138. The Hall–Kier alpha value is -1.58. The number of carbonyl (C=O) groups is 2. The highest BCUT2D eigenvalue weighted by atomic mass is 35.5. The van der Waals surface area contributed by atoms with Crippen molar-refractivity contribution in [1.82, 2.24) is 9.21 Å². The molecule has 2 aromatic carbocycles. The van der Waals surface area contributed by atoms with Gasteiger partial charge in [-0.3, -0.25) is 14.5 Å². The van der Waals surface area contributed by atoms with Crippen LogP contribution in [0.2, 0.25) is 10.0 Å². The summed E-state index contributed by atoms with van der Waals surface area (Å²) in [6.07, 6.45) is 0. The summed E-state index contributed by atoms with van der Waals surface area (Å²) >= 11 is 12.9. The minimum absolute atomic E-state index is 0.120. The molecule has 0 radical (unpaired) electrons. The maximum Gasteiger partial charge on any atom is 0.289 e. The smallest absolute Gasteiger partial charge is 0.273 e. The van der Waals surface area contributed by atoms with Gasteiger partial charge in [-0.2, -0.15) is 4.31 Å². The lowest BCUT2D eigenvalue weighted by atomic mass is 10.1. The fourth-order valence-corrected chi connectivity index (χ4v) is 5.73. The van der Waals surface area contributed by atoms with E-state index < -0.39 is 10.0 Å². The number of thioether (sulfide) groups is 1. The lowest BCUT2D eigenvalue weighted by molar-refractivity contribution is -0.127. The molecule has 2 aliphatic heterocycles. The Labute approximate surface area is 176 Å². The number of rotatable bonds is 4. The molecule has 4 rings (SSSR count). The highest BCUT2D eigenvalue weighted by molar-refractivity contribution is 8.14. The van der Waals surface area contributed by atoms with Crippen LogP contribution in [-0.2, 0) is 14.8 Å². The van der Waals surface area contributed by atoms with Gasteiger partial charge >= 0.3 is 0 Å². The van der Waals surface area contributed by atoms with Gasteiger partial charge < -0.3 is 0 Å². The van der Waals surface area contributed by atoms with Gasteiger partial charge in [-0.05, 0) is 35.4 Å². The molecule has 0 spiro atoms. The van der Waals surface area contributed by atoms with Crippen LogP contribution in [0.15, 0.2) is 47.4 Å². The van der Waals surface area contributed by atoms with Crippen LogP contribution >= 0.6 is 35.0 Å². The lowest BCUT2D eigenvalue weighted by Gasteiger charge is -2.41. The zero-order valence-electron chi connectivity index (χ0n) is 14.3. The third kappa shape index (κ3) is 3.44. The molecule has 2 aromatic rings. The zero-order chi connectivity index (χ0) is 20.1. The van der Waals surface area contributed by atoms with E-state index in [1.165, 1.54) is 21.3 Å². The summed E-state index contributed by atoms with van der Waals surface area (Å²) in [7, 11) is -3.68. The van der Waals surface area contributed by atoms with Gasteiger partial charge in [0.05, 0.1) is 26.7 Å². The van der Waals surface area contributed by atoms with Crippen LogP contribution in [0.5, 0.6) is 0 Å². The monoisotopic (exact) mass is 456 g/mol. The maximum atomic E-state index is 12.8. The molecule has 2 amide bonds. The van der Waals surface area contributed by atoms with Crippen molar-refractivity contribution >= 4 is 56.1 Å². The van der Waals surface area contributed by atoms with Crippen molar-refractivity contribution in [3.05, 3.63) is 52.5 Å². The van der Waals surface area contributed by atoms with Crippen molar-refractivity contribution in [2.45, 2.75) is 10.9 Å². The summed E-state index contributed by atoms with van der Waals surface area (Å²) in [4.78, 5) is 24.8. The van der Waals surface area contributed by atoms with E-state index >= 15 is 0 Å². The number of halogens is 2. The average Bonchev–Trinajstić information content (AvgIpc) is 2.95. The van der Waals surface area contributed by atoms with Gasteiger partial charge in [-0.1, -0.05) is 53.2 Å². The van der Waals surface area contributed by atoms with E-state index in [-0.39, 0.29) is 40.9 Å². The van der Waals surface area contributed by atoms with Crippen molar-refractivity contribution in [3.8, 4) is 11.1 Å². The number of carbonyl (C=O) groups excluding carboxylic acids is 2. The number of amides is 2. The zero-order valence-corrected chi connectivity index (χ0v) is 17.5. The van der Waals surface area contributed by atoms with E-state index in [1.807, 2.05) is 0 Å². The molecular weight excluding hydrogens is 443 g/mol. The molecule has 0 aliphatic carbocycles. The van der Waals surface area contributed by atoms with E-state index in [0.29, 0.717) is 10.0 Å². The minimum Gasteiger partial charge on any atom is -0.273 e. The molecule has 2 heterocycles. The summed E-state index contributed by atoms with van der Waals surface area (Å²) in [5.41, 5.74) is 1.63. The predicted octanol–water partition coefficient (Wildman–Crippen LogP) is 3.73. The molecule has 6 nitrogen and oxygen atoms in total. The standard InChI is InChI=1S/C18H14Cl2N2O4S2/c19-15-6-3-12(7-16(15)20)11-1-4-14(5-2-11)28(25,26)21-8-13(9-21)22-17(23)10-27-18(22)24/h1-7,13H,8-10H2. The minimum atomic E-state index is -3.68. The quantitative estimate of drug-likeness (QED) is 0.700. The first-order valence-corrected chi connectivity index (χ1v) is 11.5. The third-order valence-electron chi connectivity index (χ3n) is 4.72. The average molecular weight is 457 g/mol. The third-order valence-corrected chi connectivity index (χ3v) is 8.14. The Balaban J connectivity index is 1.49. The number of nitrogens with zero attached hydrogens (tertiary/aromatic N) is 2. The van der Waals surface area contributed by atoms with E-state index in [2.05, 4.69) is 0 Å². The normalized spacial score (nSPS) is 18.6. The summed E-state index contributed by atoms with van der Waals surface area (Å²) in [5, 5.41) is 0.565. The molecule has 2 fully saturated rings. The molecule has 0 atom stereocenters. The highest BCUT2D eigenvalue weighted by Gasteiger charge is 2.45. The first-order valence-electron chi connectivity index (χ1n) is 8.32. The molecular formula is C18H14Cl2N2O4S2. The topological polar surface area (TPSA) is 74.8 Å². The highest BCUT2D eigenvalue weighted by Crippen LogP contribution is 2.32. The molecule has 0 N–H and O–H groups in total. The fraction of sp³-hybridized carbons (Fsp3) is 0.222. The molecule has 146 valence electrons. The Morgan fingerprint density at radius 3 is 2.14 bits per heavy atom. The van der Waals surface area contributed by atoms with Gasteiger partial charge in [-0.25, -0.2) is 8.42 Å². The van der Waals surface area contributed by atoms with E-state index in [4.69, 9.17) is 23.2 Å². The van der Waals surface area contributed by atoms with Crippen molar-refractivity contribution in [1.29, 1.82) is 0 Å². The lowest BCUT2D eigenvalue weighted by Crippen LogP contribution is -2.61. The molecule has 0 aromatic heterocycles. The van der Waals surface area contributed by atoms with Gasteiger partial charge in [0.15, 0.2) is 0 Å². The van der Waals surface area contributed by atoms with E-state index in [0.717, 1.165) is 22.9 Å².